The maximum atomic E-state index is 12.6. The fourth-order valence-electron chi connectivity index (χ4n) is 2.36. The summed E-state index contributed by atoms with van der Waals surface area (Å²) < 4.78 is 6.86. The zero-order valence-electron chi connectivity index (χ0n) is 13.2. The highest BCUT2D eigenvalue weighted by Crippen LogP contribution is 2.35. The van der Waals surface area contributed by atoms with Crippen molar-refractivity contribution in [2.24, 2.45) is 0 Å². The largest absolute Gasteiger partial charge is 0.496 e. The second kappa shape index (κ2) is 7.76. The maximum Gasteiger partial charge on any atom is 0.293 e. The Morgan fingerprint density at radius 1 is 1.12 bits per heavy atom. The van der Waals surface area contributed by atoms with Crippen molar-refractivity contribution in [2.75, 3.05) is 7.11 Å². The lowest BCUT2D eigenvalue weighted by molar-refractivity contribution is -0.123. The van der Waals surface area contributed by atoms with E-state index in [0.717, 1.165) is 31.8 Å². The molecule has 0 aliphatic carbocycles. The molecule has 1 saturated heterocycles. The quantitative estimate of drug-likeness (QED) is 0.543. The van der Waals surface area contributed by atoms with Gasteiger partial charge in [0.1, 0.15) is 5.75 Å². The summed E-state index contributed by atoms with van der Waals surface area (Å²) in [4.78, 5) is 26.5. The normalized spacial score (nSPS) is 16.0. The molecule has 0 saturated carbocycles. The van der Waals surface area contributed by atoms with Gasteiger partial charge in [0.05, 0.1) is 23.0 Å². The van der Waals surface area contributed by atoms with Gasteiger partial charge in [-0.1, -0.05) is 40.2 Å². The third kappa shape index (κ3) is 3.99. The standard InChI is InChI=1S/C18H13Br2NO3S/c1-24-15-7-6-11(8-14(15)20)9-16-17(22)21(18(23)25-16)10-12-4-2-3-5-13(12)19/h2-9H,10H2,1H3/b16-9-. The van der Waals surface area contributed by atoms with Crippen LogP contribution >= 0.6 is 43.6 Å². The second-order valence-corrected chi connectivity index (χ2v) is 7.96. The monoisotopic (exact) mass is 481 g/mol. The van der Waals surface area contributed by atoms with E-state index in [0.29, 0.717) is 10.7 Å². The Labute approximate surface area is 166 Å². The number of nitrogens with zero attached hydrogens (tertiary/aromatic N) is 1. The lowest BCUT2D eigenvalue weighted by Gasteiger charge is -2.13. The van der Waals surface area contributed by atoms with Crippen LogP contribution in [0.4, 0.5) is 4.79 Å². The fourth-order valence-corrected chi connectivity index (χ4v) is 4.16. The Kier molecular flexibility index (Phi) is 5.66. The van der Waals surface area contributed by atoms with Gasteiger partial charge in [0, 0.05) is 4.47 Å². The van der Waals surface area contributed by atoms with E-state index in [-0.39, 0.29) is 17.7 Å². The Balaban J connectivity index is 1.83. The smallest absolute Gasteiger partial charge is 0.293 e. The Hall–Kier alpha value is -1.57. The molecule has 1 aliphatic rings. The van der Waals surface area contributed by atoms with Gasteiger partial charge in [-0.15, -0.1) is 0 Å². The van der Waals surface area contributed by atoms with Crippen molar-refractivity contribution in [3.63, 3.8) is 0 Å². The predicted octanol–water partition coefficient (Wildman–Crippen LogP) is 5.46. The van der Waals surface area contributed by atoms with Crippen LogP contribution in [0.1, 0.15) is 11.1 Å². The van der Waals surface area contributed by atoms with E-state index in [4.69, 9.17) is 4.74 Å². The molecule has 0 N–H and O–H groups in total. The topological polar surface area (TPSA) is 46.6 Å². The molecule has 128 valence electrons. The molecule has 0 unspecified atom stereocenters. The number of ether oxygens (including phenoxy) is 1. The Morgan fingerprint density at radius 3 is 2.56 bits per heavy atom. The summed E-state index contributed by atoms with van der Waals surface area (Å²) >= 11 is 7.82. The first-order valence-corrected chi connectivity index (χ1v) is 9.72. The summed E-state index contributed by atoms with van der Waals surface area (Å²) in [5, 5.41) is -0.264. The number of thioether (sulfide) groups is 1. The van der Waals surface area contributed by atoms with Crippen molar-refractivity contribution in [3.05, 3.63) is 67.4 Å². The first-order chi connectivity index (χ1) is 12.0. The number of benzene rings is 2. The molecule has 4 nitrogen and oxygen atoms in total. The summed E-state index contributed by atoms with van der Waals surface area (Å²) in [6.07, 6.45) is 1.72. The Morgan fingerprint density at radius 2 is 1.88 bits per heavy atom. The van der Waals surface area contributed by atoms with Gasteiger partial charge >= 0.3 is 0 Å². The van der Waals surface area contributed by atoms with Gasteiger partial charge in [0.15, 0.2) is 0 Å². The second-order valence-electron chi connectivity index (χ2n) is 5.25. The van der Waals surface area contributed by atoms with Crippen LogP contribution in [0.5, 0.6) is 5.75 Å². The van der Waals surface area contributed by atoms with Gasteiger partial charge in [0.25, 0.3) is 11.1 Å². The molecule has 2 amide bonds. The number of methoxy groups -OCH3 is 1. The summed E-state index contributed by atoms with van der Waals surface area (Å²) in [6.45, 7) is 0.246. The molecule has 25 heavy (non-hydrogen) atoms. The third-order valence-corrected chi connectivity index (χ3v) is 5.93. The van der Waals surface area contributed by atoms with Crippen LogP contribution in [0.15, 0.2) is 56.3 Å². The van der Waals surface area contributed by atoms with Crippen LogP contribution in [0.25, 0.3) is 6.08 Å². The highest BCUT2D eigenvalue weighted by molar-refractivity contribution is 9.10. The van der Waals surface area contributed by atoms with Crippen LogP contribution < -0.4 is 4.74 Å². The SMILES string of the molecule is COc1ccc(/C=C2\SC(=O)N(Cc3ccccc3Br)C2=O)cc1Br. The number of carbonyl (C=O) groups excluding carboxylic acids is 2. The number of halogens is 2. The van der Waals surface area contributed by atoms with Crippen LogP contribution in [-0.4, -0.2) is 23.2 Å². The molecule has 0 bridgehead atoms. The molecule has 0 aromatic heterocycles. The van der Waals surface area contributed by atoms with Crippen molar-refractivity contribution in [2.45, 2.75) is 6.54 Å². The molecular weight excluding hydrogens is 470 g/mol. The van der Waals surface area contributed by atoms with E-state index in [1.54, 1.807) is 19.3 Å². The summed E-state index contributed by atoms with van der Waals surface area (Å²) in [5.41, 5.74) is 1.71. The minimum Gasteiger partial charge on any atom is -0.496 e. The van der Waals surface area contributed by atoms with Crippen LogP contribution in [0.3, 0.4) is 0 Å². The average molecular weight is 483 g/mol. The summed E-state index contributed by atoms with van der Waals surface area (Å²) in [5.74, 6) is 0.428. The van der Waals surface area contributed by atoms with Crippen molar-refractivity contribution in [3.8, 4) is 5.75 Å². The van der Waals surface area contributed by atoms with Gasteiger partial charge in [-0.25, -0.2) is 0 Å². The van der Waals surface area contributed by atoms with Gasteiger partial charge < -0.3 is 4.74 Å². The van der Waals surface area contributed by atoms with E-state index >= 15 is 0 Å². The molecule has 1 fully saturated rings. The lowest BCUT2D eigenvalue weighted by atomic mass is 10.2. The van der Waals surface area contributed by atoms with E-state index in [9.17, 15) is 9.59 Å². The zero-order valence-corrected chi connectivity index (χ0v) is 17.2. The van der Waals surface area contributed by atoms with Gasteiger partial charge in [0.2, 0.25) is 0 Å². The average Bonchev–Trinajstić information content (AvgIpc) is 2.84. The van der Waals surface area contributed by atoms with Crippen molar-refractivity contribution in [1.82, 2.24) is 4.90 Å². The number of hydrogen-bond acceptors (Lipinski definition) is 4. The number of imide groups is 1. The highest BCUT2D eigenvalue weighted by atomic mass is 79.9. The molecule has 0 atom stereocenters. The lowest BCUT2D eigenvalue weighted by Crippen LogP contribution is -2.27. The van der Waals surface area contributed by atoms with E-state index in [1.807, 2.05) is 36.4 Å². The minimum absolute atomic E-state index is 0.246. The molecule has 0 radical (unpaired) electrons. The molecule has 0 spiro atoms. The number of amides is 2. The number of carbonyl (C=O) groups is 2. The van der Waals surface area contributed by atoms with Gasteiger partial charge in [-0.2, -0.15) is 0 Å². The third-order valence-electron chi connectivity index (χ3n) is 3.63. The molecule has 2 aromatic rings. The molecule has 1 aliphatic heterocycles. The first-order valence-electron chi connectivity index (χ1n) is 7.32. The number of hydrogen-bond donors (Lipinski definition) is 0. The van der Waals surface area contributed by atoms with Crippen molar-refractivity contribution >= 4 is 60.8 Å². The van der Waals surface area contributed by atoms with Gasteiger partial charge in [-0.3, -0.25) is 14.5 Å². The van der Waals surface area contributed by atoms with Crippen molar-refractivity contribution < 1.29 is 14.3 Å². The van der Waals surface area contributed by atoms with E-state index in [2.05, 4.69) is 31.9 Å². The first kappa shape index (κ1) is 18.2. The van der Waals surface area contributed by atoms with Crippen LogP contribution in [0.2, 0.25) is 0 Å². The molecule has 1 heterocycles. The predicted molar refractivity (Wildman–Crippen MR) is 106 cm³/mol. The highest BCUT2D eigenvalue weighted by Gasteiger charge is 2.35. The van der Waals surface area contributed by atoms with Crippen LogP contribution in [0, 0.1) is 0 Å². The minimum atomic E-state index is -0.280. The molecular formula is C18H13Br2NO3S. The van der Waals surface area contributed by atoms with E-state index < -0.39 is 0 Å². The van der Waals surface area contributed by atoms with Gasteiger partial charge in [-0.05, 0) is 63.1 Å². The fraction of sp³-hybridized carbons (Fsp3) is 0.111. The summed E-state index contributed by atoms with van der Waals surface area (Å²) in [6, 6.07) is 13.0. The summed E-state index contributed by atoms with van der Waals surface area (Å²) in [7, 11) is 1.59. The zero-order chi connectivity index (χ0) is 18.0. The van der Waals surface area contributed by atoms with Crippen molar-refractivity contribution in [1.29, 1.82) is 0 Å². The molecule has 7 heteroatoms. The number of rotatable bonds is 4. The molecule has 2 aromatic carbocycles. The van der Waals surface area contributed by atoms with Crippen LogP contribution in [-0.2, 0) is 11.3 Å². The Bertz CT molecular complexity index is 882. The maximum absolute atomic E-state index is 12.6. The van der Waals surface area contributed by atoms with E-state index in [1.165, 1.54) is 4.90 Å². The molecule has 3 rings (SSSR count).